The zero-order valence-corrected chi connectivity index (χ0v) is 38.2. The smallest absolute Gasteiger partial charge is 0.338 e. The van der Waals surface area contributed by atoms with Crippen LogP contribution in [0, 0.1) is 20.2 Å². The number of nitro groups is 2. The zero-order valence-electron chi connectivity index (χ0n) is 38.2. The highest BCUT2D eigenvalue weighted by Gasteiger charge is 2.39. The van der Waals surface area contributed by atoms with Gasteiger partial charge in [0.2, 0.25) is 36.5 Å². The minimum Gasteiger partial charge on any atom is -0.478 e. The second-order valence-electron chi connectivity index (χ2n) is 14.7. The summed E-state index contributed by atoms with van der Waals surface area (Å²) in [6, 6.07) is 8.96. The standard InChI is InChI=1S/C38H49N21O15/c1-15(39)47-27(32(64)49-26(25(40)61)53-36(41)42)51-34(66)29(55-38(45)46)52-33(65)28(54-37(43)44)50-31(63)23(17-5-3-2-4-6-17)48-30(62)22(14-60)57(13-16-7-9-18(10-8-16)56-74-73)24-20(35(67)68)11-19(58(69)70)12-21(24)59(71)72/h2-12,22-23,26-29,56,60,73H,13-14H2,1H3,(H2,39,47)(H2,40,61)(H,48,62)(H,49,64)(H,50,63)(H,51,66)(H,52,65)(H,67,68)(H4,41,42,53)(H4,43,44,54)(H4,45,46,55). The Morgan fingerprint density at radius 1 is 0.662 bits per heavy atom. The number of aliphatic imine (C=N–C) groups is 4. The molecule has 6 unspecified atom stereocenters. The first-order chi connectivity index (χ1) is 34.8. The third-order valence-corrected chi connectivity index (χ3v) is 9.30. The molecule has 74 heavy (non-hydrogen) atoms. The lowest BCUT2D eigenvalue weighted by molar-refractivity contribution is -0.393. The van der Waals surface area contributed by atoms with Gasteiger partial charge in [0.15, 0.2) is 17.9 Å². The number of anilines is 2. The number of amides is 6. The molecular weight excluding hydrogens is 991 g/mol. The first-order valence-corrected chi connectivity index (χ1v) is 20.4. The van der Waals surface area contributed by atoms with E-state index in [9.17, 15) is 64.0 Å². The van der Waals surface area contributed by atoms with Crippen LogP contribution in [0.1, 0.15) is 34.5 Å². The van der Waals surface area contributed by atoms with Crippen molar-refractivity contribution in [2.24, 2.45) is 65.8 Å². The number of carboxylic acid groups (broad SMARTS) is 1. The second-order valence-corrected chi connectivity index (χ2v) is 14.7. The van der Waals surface area contributed by atoms with Crippen LogP contribution in [0.4, 0.5) is 22.7 Å². The summed E-state index contributed by atoms with van der Waals surface area (Å²) in [6.07, 6.45) is -8.41. The number of aliphatic hydroxyl groups is 1. The summed E-state index contributed by atoms with van der Waals surface area (Å²) in [6.45, 7) is -0.784. The normalized spacial score (nSPS) is 13.3. The number of aliphatic hydroxyl groups excluding tert-OH is 1. The highest BCUT2D eigenvalue weighted by molar-refractivity contribution is 6.02. The highest BCUT2D eigenvalue weighted by atomic mass is 17.2. The molecule has 0 aliphatic heterocycles. The lowest BCUT2D eigenvalue weighted by atomic mass is 10.0. The van der Waals surface area contributed by atoms with Crippen LogP contribution in [-0.2, 0) is 40.3 Å². The quantitative estimate of drug-likeness (QED) is 0.0117. The molecule has 36 heteroatoms. The minimum atomic E-state index is -2.26. The fourth-order valence-electron chi connectivity index (χ4n) is 6.24. The molecule has 0 radical (unpaired) electrons. The Balaban J connectivity index is 2.12. The van der Waals surface area contributed by atoms with Crippen molar-refractivity contribution in [3.8, 4) is 0 Å². The molecule has 36 nitrogen and oxygen atoms in total. The molecule has 0 fully saturated rings. The number of non-ortho nitro benzene ring substituents is 1. The topological polar surface area (TPSA) is 609 Å². The van der Waals surface area contributed by atoms with Crippen LogP contribution in [0.3, 0.4) is 0 Å². The predicted molar refractivity (Wildman–Crippen MR) is 257 cm³/mol. The van der Waals surface area contributed by atoms with Crippen LogP contribution >= 0.6 is 0 Å². The van der Waals surface area contributed by atoms with Gasteiger partial charge in [-0.25, -0.2) is 35.5 Å². The van der Waals surface area contributed by atoms with E-state index in [1.165, 1.54) is 61.5 Å². The zero-order chi connectivity index (χ0) is 55.6. The van der Waals surface area contributed by atoms with Crippen molar-refractivity contribution in [2.45, 2.75) is 50.2 Å². The van der Waals surface area contributed by atoms with Gasteiger partial charge in [-0.2, -0.15) is 0 Å². The summed E-state index contributed by atoms with van der Waals surface area (Å²) in [5.41, 5.74) is 41.7. The Kier molecular flexibility index (Phi) is 20.7. The number of aromatic carboxylic acids is 1. The number of nitrogens with zero attached hydrogens (tertiary/aromatic N) is 7. The molecule has 0 aliphatic carbocycles. The van der Waals surface area contributed by atoms with E-state index in [1.807, 2.05) is 16.0 Å². The minimum absolute atomic E-state index is 0.0663. The Morgan fingerprint density at radius 2 is 1.15 bits per heavy atom. The van der Waals surface area contributed by atoms with Gasteiger partial charge in [-0.3, -0.25) is 49.0 Å². The molecule has 3 aromatic rings. The van der Waals surface area contributed by atoms with E-state index in [1.54, 1.807) is 0 Å². The molecule has 0 heterocycles. The van der Waals surface area contributed by atoms with Gasteiger partial charge in [-0.05, 0) is 30.2 Å². The molecule has 0 saturated heterocycles. The number of nitro benzene ring substituents is 2. The molecule has 0 bridgehead atoms. The Morgan fingerprint density at radius 3 is 1.58 bits per heavy atom. The summed E-state index contributed by atoms with van der Waals surface area (Å²) in [7, 11) is 0. The largest absolute Gasteiger partial charge is 0.478 e. The monoisotopic (exact) mass is 1040 g/mol. The van der Waals surface area contributed by atoms with Crippen molar-refractivity contribution in [3.05, 3.63) is 104 Å². The summed E-state index contributed by atoms with van der Waals surface area (Å²) in [5.74, 6) is -12.8. The molecule has 6 atom stereocenters. The molecule has 0 aromatic heterocycles. The van der Waals surface area contributed by atoms with Gasteiger partial charge in [0.05, 0.1) is 39.6 Å². The Bertz CT molecular complexity index is 2690. The van der Waals surface area contributed by atoms with Crippen molar-refractivity contribution in [3.63, 3.8) is 0 Å². The molecule has 3 aromatic carbocycles. The van der Waals surface area contributed by atoms with E-state index in [0.717, 1.165) is 4.90 Å². The molecule has 3 rings (SSSR count). The number of carboxylic acids is 1. The number of carbonyl (C=O) groups excluding carboxylic acids is 6. The number of benzene rings is 3. The molecule has 25 N–H and O–H groups in total. The van der Waals surface area contributed by atoms with Crippen LogP contribution in [0.25, 0.3) is 0 Å². The van der Waals surface area contributed by atoms with E-state index >= 15 is 0 Å². The van der Waals surface area contributed by atoms with Crippen LogP contribution in [0.15, 0.2) is 86.7 Å². The van der Waals surface area contributed by atoms with Crippen LogP contribution < -0.4 is 82.8 Å². The van der Waals surface area contributed by atoms with E-state index < -0.39 is 142 Å². The molecule has 6 amide bonds. The molecular formula is C38H49N21O15. The maximum atomic E-state index is 14.5. The number of amidine groups is 1. The van der Waals surface area contributed by atoms with E-state index in [2.05, 4.69) is 41.1 Å². The van der Waals surface area contributed by atoms with Crippen LogP contribution in [0.5, 0.6) is 0 Å². The van der Waals surface area contributed by atoms with Gasteiger partial charge in [-0.15, -0.1) is 4.99 Å². The maximum Gasteiger partial charge on any atom is 0.338 e. The highest BCUT2D eigenvalue weighted by Crippen LogP contribution is 2.38. The number of carbonyl (C=O) groups is 7. The van der Waals surface area contributed by atoms with Crippen molar-refractivity contribution in [1.82, 2.24) is 26.6 Å². The van der Waals surface area contributed by atoms with Gasteiger partial charge in [-0.1, -0.05) is 42.5 Å². The first kappa shape index (κ1) is 57.8. The Labute approximate surface area is 414 Å². The molecule has 0 aliphatic rings. The Hall–Kier alpha value is -10.5. The number of rotatable bonds is 26. The lowest BCUT2D eigenvalue weighted by Gasteiger charge is -2.33. The summed E-state index contributed by atoms with van der Waals surface area (Å²) in [4.78, 5) is 135. The van der Waals surface area contributed by atoms with Crippen LogP contribution in [0.2, 0.25) is 0 Å². The van der Waals surface area contributed by atoms with Crippen molar-refractivity contribution < 1.29 is 63.9 Å². The fourth-order valence-corrected chi connectivity index (χ4v) is 6.24. The number of nitrogens with one attached hydrogen (secondary N) is 6. The summed E-state index contributed by atoms with van der Waals surface area (Å²) < 4.78 is 0. The number of guanidine groups is 3. The van der Waals surface area contributed by atoms with Gasteiger partial charge >= 0.3 is 5.97 Å². The van der Waals surface area contributed by atoms with Gasteiger partial charge in [0.1, 0.15) is 17.8 Å². The van der Waals surface area contributed by atoms with Crippen molar-refractivity contribution >= 4 is 87.9 Å². The molecule has 0 spiro atoms. The van der Waals surface area contributed by atoms with Crippen LogP contribution in [-0.4, -0.2) is 128 Å². The van der Waals surface area contributed by atoms with Crippen molar-refractivity contribution in [2.75, 3.05) is 17.0 Å². The maximum absolute atomic E-state index is 14.5. The van der Waals surface area contributed by atoms with E-state index in [0.29, 0.717) is 12.1 Å². The van der Waals surface area contributed by atoms with Gasteiger partial charge < -0.3 is 87.6 Å². The summed E-state index contributed by atoms with van der Waals surface area (Å²) >= 11 is 0. The van der Waals surface area contributed by atoms with Gasteiger partial charge in [0.25, 0.3) is 35.0 Å². The number of primary amides is 1. The third kappa shape index (κ3) is 16.6. The molecule has 0 saturated carbocycles. The number of hydrogen-bond acceptors (Lipinski definition) is 20. The first-order valence-electron chi connectivity index (χ1n) is 20.4. The average molecular weight is 1040 g/mol. The third-order valence-electron chi connectivity index (χ3n) is 9.30. The average Bonchev–Trinajstić information content (AvgIpc) is 3.31. The predicted octanol–water partition coefficient (Wildman–Crippen LogP) is -6.31. The lowest BCUT2D eigenvalue weighted by Crippen LogP contribution is -2.58. The van der Waals surface area contributed by atoms with Gasteiger partial charge in [0, 0.05) is 12.6 Å². The molecule has 396 valence electrons. The fraction of sp³-hybridized carbons (Fsp3) is 0.237. The van der Waals surface area contributed by atoms with Crippen molar-refractivity contribution in [1.29, 1.82) is 0 Å². The second kappa shape index (κ2) is 26.5. The number of hydrogen-bond donors (Lipinski definition) is 17. The summed E-state index contributed by atoms with van der Waals surface area (Å²) in [5, 5.41) is 64.7. The number of nitrogens with two attached hydrogens (primary N) is 8. The van der Waals surface area contributed by atoms with E-state index in [-0.39, 0.29) is 22.6 Å². The van der Waals surface area contributed by atoms with E-state index in [4.69, 9.17) is 51.1 Å². The SMILES string of the molecule is CC(N)=NC(NC(=O)C(N=C(N)N)NC(=O)C(N=C(N)N)NC(=O)C(NC(=O)C(CO)N(Cc1ccc(NOO)cc1)c1c(C(=O)O)cc([N+](=O)[O-])cc1[N+](=O)[O-])c1ccccc1)C(=O)NC(N=C(N)N)C(N)=O.